The Morgan fingerprint density at radius 3 is 1.97 bits per heavy atom. The van der Waals surface area contributed by atoms with Gasteiger partial charge in [0, 0.05) is 5.56 Å². The Balaban J connectivity index is 2.57. The molecule has 0 fully saturated rings. The second kappa shape index (κ2) is 10.3. The van der Waals surface area contributed by atoms with Crippen LogP contribution in [-0.4, -0.2) is 23.3 Å². The van der Waals surface area contributed by atoms with E-state index in [0.717, 1.165) is 12.1 Å². The van der Waals surface area contributed by atoms with Crippen LogP contribution in [0.4, 0.5) is 35.5 Å². The number of hydrogen-bond acceptors (Lipinski definition) is 2. The molecule has 0 saturated carbocycles. The zero-order valence-corrected chi connectivity index (χ0v) is 18.4. The van der Waals surface area contributed by atoms with E-state index >= 15 is 0 Å². The van der Waals surface area contributed by atoms with Crippen molar-refractivity contribution in [3.8, 4) is 0 Å². The molecule has 5 nitrogen and oxygen atoms in total. The van der Waals surface area contributed by atoms with Gasteiger partial charge in [0.05, 0.1) is 26.2 Å². The highest BCUT2D eigenvalue weighted by atomic mass is 35.5. The van der Waals surface area contributed by atoms with E-state index < -0.39 is 58.4 Å². The molecule has 0 spiro atoms. The number of rotatable bonds is 4. The molecule has 34 heavy (non-hydrogen) atoms. The summed E-state index contributed by atoms with van der Waals surface area (Å²) in [5, 5.41) is 7.45. The molecule has 0 aliphatic carbocycles. The number of carbonyl (C=O) groups is 2. The van der Waals surface area contributed by atoms with Gasteiger partial charge in [-0.25, -0.2) is 14.6 Å². The molecule has 1 unspecified atom stereocenters. The van der Waals surface area contributed by atoms with E-state index in [0.29, 0.717) is 12.1 Å². The zero-order valence-electron chi connectivity index (χ0n) is 16.1. The summed E-state index contributed by atoms with van der Waals surface area (Å²) in [4.78, 5) is 22.3. The first-order valence-corrected chi connectivity index (χ1v) is 9.75. The van der Waals surface area contributed by atoms with Crippen LogP contribution >= 0.6 is 34.8 Å². The lowest BCUT2D eigenvalue weighted by atomic mass is 9.95. The first-order valence-electron chi connectivity index (χ1n) is 8.61. The first-order chi connectivity index (χ1) is 15.5. The standard InChI is InChI=1S/C19H10Cl3F7N2O3/c20-12-4-8(5-13(21)15(12)22)10(18(24,25)26)6-14(23)7-1-2-9(11(3-7)19(27,28)29)16(32)30-31-17(33)34/h1-6,10,31H,(H,30,32)(H,33,34)/b14-6-. The van der Waals surface area contributed by atoms with E-state index in [4.69, 9.17) is 39.9 Å². The Hall–Kier alpha value is -2.70. The number of carbonyl (C=O) groups excluding carboxylic acids is 1. The summed E-state index contributed by atoms with van der Waals surface area (Å²) in [6.45, 7) is 0. The molecular formula is C19H10Cl3F7N2O3. The molecule has 2 aromatic rings. The summed E-state index contributed by atoms with van der Waals surface area (Å²) in [7, 11) is 0. The largest absolute Gasteiger partial charge is 0.464 e. The summed E-state index contributed by atoms with van der Waals surface area (Å²) >= 11 is 17.2. The lowest BCUT2D eigenvalue weighted by Crippen LogP contribution is -2.41. The second-order valence-electron chi connectivity index (χ2n) is 6.47. The van der Waals surface area contributed by atoms with Crippen LogP contribution in [0.2, 0.25) is 15.1 Å². The van der Waals surface area contributed by atoms with Crippen molar-refractivity contribution in [1.29, 1.82) is 0 Å². The SMILES string of the molecule is O=C(O)NNC(=O)c1ccc(/C(F)=C/C(c2cc(Cl)c(Cl)c(Cl)c2)C(F)(F)F)cc1C(F)(F)F. The van der Waals surface area contributed by atoms with E-state index in [2.05, 4.69) is 0 Å². The third-order valence-corrected chi connectivity index (χ3v) is 5.36. The van der Waals surface area contributed by atoms with E-state index in [1.807, 2.05) is 0 Å². The summed E-state index contributed by atoms with van der Waals surface area (Å²) < 4.78 is 95.8. The molecular weight excluding hydrogens is 544 g/mol. The Kier molecular flexibility index (Phi) is 8.33. The minimum atomic E-state index is -5.24. The maximum Gasteiger partial charge on any atom is 0.423 e. The average molecular weight is 554 g/mol. The number of carboxylic acid groups (broad SMARTS) is 1. The molecule has 15 heteroatoms. The van der Waals surface area contributed by atoms with Gasteiger partial charge in [0.1, 0.15) is 11.7 Å². The first kappa shape index (κ1) is 27.5. The van der Waals surface area contributed by atoms with Crippen LogP contribution in [-0.2, 0) is 6.18 Å². The molecule has 184 valence electrons. The quantitative estimate of drug-likeness (QED) is 0.212. The van der Waals surface area contributed by atoms with Crippen LogP contribution < -0.4 is 10.9 Å². The van der Waals surface area contributed by atoms with Crippen molar-refractivity contribution in [1.82, 2.24) is 10.9 Å². The van der Waals surface area contributed by atoms with Crippen LogP contribution in [0.5, 0.6) is 0 Å². The van der Waals surface area contributed by atoms with Gasteiger partial charge < -0.3 is 5.11 Å². The predicted molar refractivity (Wildman–Crippen MR) is 109 cm³/mol. The fourth-order valence-electron chi connectivity index (χ4n) is 2.68. The van der Waals surface area contributed by atoms with E-state index in [1.165, 1.54) is 10.9 Å². The van der Waals surface area contributed by atoms with Gasteiger partial charge in [-0.1, -0.05) is 40.9 Å². The van der Waals surface area contributed by atoms with Crippen molar-refractivity contribution < 1.29 is 45.4 Å². The molecule has 0 heterocycles. The minimum Gasteiger partial charge on any atom is -0.464 e. The van der Waals surface area contributed by atoms with Crippen LogP contribution in [0.15, 0.2) is 36.4 Å². The highest BCUT2D eigenvalue weighted by Crippen LogP contribution is 2.42. The molecule has 0 aliphatic heterocycles. The van der Waals surface area contributed by atoms with E-state index in [-0.39, 0.29) is 27.2 Å². The third kappa shape index (κ3) is 6.67. The van der Waals surface area contributed by atoms with Gasteiger partial charge in [0.25, 0.3) is 5.91 Å². The molecule has 0 radical (unpaired) electrons. The lowest BCUT2D eigenvalue weighted by molar-refractivity contribution is -0.140. The minimum absolute atomic E-state index is 0.0110. The number of nitrogens with one attached hydrogen (secondary N) is 2. The Bertz CT molecular complexity index is 1130. The van der Waals surface area contributed by atoms with Crippen molar-refractivity contribution in [3.05, 3.63) is 73.7 Å². The van der Waals surface area contributed by atoms with Crippen LogP contribution in [0, 0.1) is 0 Å². The smallest absolute Gasteiger partial charge is 0.423 e. The van der Waals surface area contributed by atoms with Crippen molar-refractivity contribution in [3.63, 3.8) is 0 Å². The van der Waals surface area contributed by atoms with Gasteiger partial charge in [-0.15, -0.1) is 0 Å². The lowest BCUT2D eigenvalue weighted by Gasteiger charge is -2.19. The summed E-state index contributed by atoms with van der Waals surface area (Å²) in [6, 6.07) is 2.76. The predicted octanol–water partition coefficient (Wildman–Crippen LogP) is 7.23. The van der Waals surface area contributed by atoms with E-state index in [9.17, 15) is 40.3 Å². The molecule has 0 aromatic heterocycles. The normalized spacial score (nSPS) is 13.4. The number of allylic oxidation sites excluding steroid dienone is 1. The fraction of sp³-hybridized carbons (Fsp3) is 0.158. The Morgan fingerprint density at radius 2 is 1.50 bits per heavy atom. The molecule has 0 saturated heterocycles. The van der Waals surface area contributed by atoms with Gasteiger partial charge >= 0.3 is 18.4 Å². The highest BCUT2D eigenvalue weighted by Gasteiger charge is 2.41. The highest BCUT2D eigenvalue weighted by molar-refractivity contribution is 6.48. The molecule has 2 rings (SSSR count). The maximum absolute atomic E-state index is 14.7. The maximum atomic E-state index is 14.7. The Labute approximate surface area is 201 Å². The van der Waals surface area contributed by atoms with Crippen molar-refractivity contribution >= 4 is 52.6 Å². The van der Waals surface area contributed by atoms with Gasteiger partial charge in [-0.3, -0.25) is 10.2 Å². The van der Waals surface area contributed by atoms with Gasteiger partial charge in [-0.05, 0) is 35.9 Å². The van der Waals surface area contributed by atoms with Gasteiger partial charge in [-0.2, -0.15) is 26.3 Å². The second-order valence-corrected chi connectivity index (χ2v) is 7.67. The van der Waals surface area contributed by atoms with Crippen molar-refractivity contribution in [2.24, 2.45) is 0 Å². The van der Waals surface area contributed by atoms with Crippen LogP contribution in [0.1, 0.15) is 33.0 Å². The van der Waals surface area contributed by atoms with Gasteiger partial charge in [0.15, 0.2) is 0 Å². The molecule has 0 aliphatic rings. The Morgan fingerprint density at radius 1 is 0.941 bits per heavy atom. The number of hydrogen-bond donors (Lipinski definition) is 3. The van der Waals surface area contributed by atoms with Crippen molar-refractivity contribution in [2.75, 3.05) is 0 Å². The van der Waals surface area contributed by atoms with Crippen molar-refractivity contribution in [2.45, 2.75) is 18.3 Å². The zero-order chi connectivity index (χ0) is 26.0. The number of alkyl halides is 6. The number of benzene rings is 2. The number of amides is 2. The fourth-order valence-corrected chi connectivity index (χ4v) is 3.29. The number of halogens is 10. The van der Waals surface area contributed by atoms with Crippen LogP contribution in [0.25, 0.3) is 5.83 Å². The monoisotopic (exact) mass is 552 g/mol. The van der Waals surface area contributed by atoms with E-state index in [1.54, 1.807) is 0 Å². The summed E-state index contributed by atoms with van der Waals surface area (Å²) in [6.07, 6.45) is -12.1. The average Bonchev–Trinajstić information content (AvgIpc) is 2.71. The molecule has 2 amide bonds. The molecule has 2 aromatic carbocycles. The molecule has 3 N–H and O–H groups in total. The summed E-state index contributed by atoms with van der Waals surface area (Å²) in [5.41, 5.74) is -1.59. The van der Waals surface area contributed by atoms with Gasteiger partial charge in [0.2, 0.25) is 0 Å². The third-order valence-electron chi connectivity index (χ3n) is 4.16. The number of hydrazine groups is 1. The summed E-state index contributed by atoms with van der Waals surface area (Å²) in [5.74, 6) is -5.91. The van der Waals surface area contributed by atoms with Crippen LogP contribution in [0.3, 0.4) is 0 Å². The molecule has 1 atom stereocenters. The molecule has 0 bridgehead atoms. The topological polar surface area (TPSA) is 78.4 Å².